The third kappa shape index (κ3) is 1.74. The van der Waals surface area contributed by atoms with Crippen molar-refractivity contribution in [3.05, 3.63) is 35.7 Å². The van der Waals surface area contributed by atoms with Gasteiger partial charge in [0.2, 0.25) is 0 Å². The summed E-state index contributed by atoms with van der Waals surface area (Å²) >= 11 is 0. The van der Waals surface area contributed by atoms with Crippen molar-refractivity contribution in [1.29, 1.82) is 0 Å². The molecule has 0 aromatic carbocycles. The minimum Gasteiger partial charge on any atom is -0.377 e. The predicted molar refractivity (Wildman–Crippen MR) is 79.3 cm³/mol. The third-order valence-electron chi connectivity index (χ3n) is 4.56. The van der Waals surface area contributed by atoms with Crippen molar-refractivity contribution in [3.63, 3.8) is 0 Å². The van der Waals surface area contributed by atoms with Crippen LogP contribution < -0.4 is 11.1 Å². The van der Waals surface area contributed by atoms with Gasteiger partial charge in [0.05, 0.1) is 6.04 Å². The lowest BCUT2D eigenvalue weighted by Gasteiger charge is -2.22. The topological polar surface area (TPSA) is 53.6 Å². The minimum absolute atomic E-state index is 0.125. The molecular weight excluding hydrogens is 248 g/mol. The summed E-state index contributed by atoms with van der Waals surface area (Å²) in [5.41, 5.74) is 8.69. The first-order chi connectivity index (χ1) is 9.74. The molecule has 4 rings (SSSR count). The first kappa shape index (κ1) is 11.7. The Morgan fingerprint density at radius 1 is 1.45 bits per heavy atom. The molecule has 102 valence electrons. The van der Waals surface area contributed by atoms with E-state index >= 15 is 0 Å². The number of aliphatic imine (C=N–C) groups is 1. The Hall–Kier alpha value is -2.15. The molecule has 2 heterocycles. The van der Waals surface area contributed by atoms with Gasteiger partial charge in [-0.2, -0.15) is 0 Å². The number of nitrogens with zero attached hydrogens (tertiary/aromatic N) is 2. The number of hydrogen-bond donors (Lipinski definition) is 2. The SMILES string of the molecule is CN1CC(C2C=CNC(N)=N2)C2=C1C1CC1C#CC=C2. The van der Waals surface area contributed by atoms with E-state index in [1.807, 2.05) is 12.3 Å². The molecule has 1 fully saturated rings. The molecule has 0 spiro atoms. The number of guanidine groups is 1. The summed E-state index contributed by atoms with van der Waals surface area (Å²) in [6.45, 7) is 1.00. The maximum atomic E-state index is 5.80. The average molecular weight is 266 g/mol. The molecule has 1 saturated carbocycles. The Kier molecular flexibility index (Phi) is 2.43. The molecule has 4 nitrogen and oxygen atoms in total. The number of nitrogens with one attached hydrogen (secondary N) is 1. The van der Waals surface area contributed by atoms with Crippen molar-refractivity contribution >= 4 is 5.96 Å². The highest BCUT2D eigenvalue weighted by Gasteiger charge is 2.46. The van der Waals surface area contributed by atoms with Crippen molar-refractivity contribution in [2.75, 3.05) is 13.6 Å². The lowest BCUT2D eigenvalue weighted by molar-refractivity contribution is 0.381. The van der Waals surface area contributed by atoms with Gasteiger partial charge in [-0.25, -0.2) is 4.99 Å². The van der Waals surface area contributed by atoms with Gasteiger partial charge in [0.25, 0.3) is 0 Å². The van der Waals surface area contributed by atoms with Crippen LogP contribution in [-0.4, -0.2) is 30.5 Å². The molecule has 20 heavy (non-hydrogen) atoms. The lowest BCUT2D eigenvalue weighted by Crippen LogP contribution is -2.35. The molecular formula is C16H18N4. The van der Waals surface area contributed by atoms with Crippen molar-refractivity contribution in [2.24, 2.45) is 28.5 Å². The standard InChI is InChI=1S/C16H18N4/c1-20-9-13(14-6-7-18-16(17)19-14)11-5-3-2-4-10-8-12(10)15(11)20/h3,5-7,10,12-14H,8-9H2,1H3,(H3,17,18,19). The summed E-state index contributed by atoms with van der Waals surface area (Å²) in [5, 5.41) is 2.94. The summed E-state index contributed by atoms with van der Waals surface area (Å²) in [4.78, 5) is 6.94. The largest absolute Gasteiger partial charge is 0.377 e. The van der Waals surface area contributed by atoms with Crippen LogP contribution in [0.25, 0.3) is 0 Å². The maximum absolute atomic E-state index is 5.80. The Labute approximate surface area is 119 Å². The van der Waals surface area contributed by atoms with Gasteiger partial charge in [-0.15, -0.1) is 0 Å². The van der Waals surface area contributed by atoms with Crippen molar-refractivity contribution in [2.45, 2.75) is 12.5 Å². The number of nitrogens with two attached hydrogens (primary N) is 1. The smallest absolute Gasteiger partial charge is 0.193 e. The minimum atomic E-state index is 0.125. The summed E-state index contributed by atoms with van der Waals surface area (Å²) in [6.07, 6.45) is 9.39. The molecule has 0 aromatic heterocycles. The van der Waals surface area contributed by atoms with Crippen LogP contribution >= 0.6 is 0 Å². The van der Waals surface area contributed by atoms with Crippen LogP contribution in [-0.2, 0) is 0 Å². The Morgan fingerprint density at radius 3 is 3.20 bits per heavy atom. The zero-order chi connectivity index (χ0) is 13.7. The summed E-state index contributed by atoms with van der Waals surface area (Å²) < 4.78 is 0. The van der Waals surface area contributed by atoms with Gasteiger partial charge in [0, 0.05) is 43.2 Å². The van der Waals surface area contributed by atoms with Crippen LogP contribution in [0.1, 0.15) is 6.42 Å². The van der Waals surface area contributed by atoms with E-state index in [1.54, 1.807) is 0 Å². The Morgan fingerprint density at radius 2 is 2.35 bits per heavy atom. The second-order valence-corrected chi connectivity index (χ2v) is 5.91. The highest BCUT2D eigenvalue weighted by atomic mass is 15.2. The Bertz CT molecular complexity index is 629. The van der Waals surface area contributed by atoms with E-state index in [2.05, 4.69) is 46.2 Å². The van der Waals surface area contributed by atoms with Gasteiger partial charge in [0.1, 0.15) is 0 Å². The molecule has 3 N–H and O–H groups in total. The van der Waals surface area contributed by atoms with Gasteiger partial charge in [-0.1, -0.05) is 11.8 Å². The van der Waals surface area contributed by atoms with Crippen LogP contribution in [0.4, 0.5) is 0 Å². The fourth-order valence-electron chi connectivity index (χ4n) is 3.54. The van der Waals surface area contributed by atoms with Crippen LogP contribution in [0.15, 0.2) is 40.7 Å². The van der Waals surface area contributed by atoms with Gasteiger partial charge in [0.15, 0.2) is 5.96 Å². The molecule has 0 bridgehead atoms. The molecule has 0 saturated heterocycles. The quantitative estimate of drug-likeness (QED) is 0.691. The van der Waals surface area contributed by atoms with Gasteiger partial charge >= 0.3 is 0 Å². The third-order valence-corrected chi connectivity index (χ3v) is 4.56. The van der Waals surface area contributed by atoms with Crippen molar-refractivity contribution in [1.82, 2.24) is 10.2 Å². The normalized spacial score (nSPS) is 37.0. The summed E-state index contributed by atoms with van der Waals surface area (Å²) in [7, 11) is 2.19. The van der Waals surface area contributed by atoms with E-state index in [4.69, 9.17) is 5.73 Å². The first-order valence-electron chi connectivity index (χ1n) is 7.13. The maximum Gasteiger partial charge on any atom is 0.193 e. The van der Waals surface area contributed by atoms with Crippen LogP contribution in [0.5, 0.6) is 0 Å². The molecule has 4 heteroatoms. The number of hydrogen-bond acceptors (Lipinski definition) is 4. The van der Waals surface area contributed by atoms with Gasteiger partial charge < -0.3 is 16.0 Å². The number of rotatable bonds is 1. The lowest BCUT2D eigenvalue weighted by atomic mass is 9.91. The average Bonchev–Trinajstić information content (AvgIpc) is 3.07. The monoisotopic (exact) mass is 266 g/mol. The molecule has 2 aliphatic carbocycles. The van der Waals surface area contributed by atoms with Crippen molar-refractivity contribution < 1.29 is 0 Å². The van der Waals surface area contributed by atoms with E-state index in [1.165, 1.54) is 17.7 Å². The van der Waals surface area contributed by atoms with Crippen LogP contribution in [0, 0.1) is 29.6 Å². The molecule has 4 aliphatic rings. The molecule has 4 atom stereocenters. The highest BCUT2D eigenvalue weighted by Crippen LogP contribution is 2.50. The van der Waals surface area contributed by atoms with Crippen molar-refractivity contribution in [3.8, 4) is 11.8 Å². The van der Waals surface area contributed by atoms with E-state index < -0.39 is 0 Å². The molecule has 0 aromatic rings. The van der Waals surface area contributed by atoms with E-state index in [9.17, 15) is 0 Å². The fraction of sp³-hybridized carbons (Fsp3) is 0.438. The summed E-state index contributed by atoms with van der Waals surface area (Å²) in [6, 6.07) is 0.125. The van der Waals surface area contributed by atoms with Crippen LogP contribution in [0.2, 0.25) is 0 Å². The highest BCUT2D eigenvalue weighted by molar-refractivity contribution is 5.80. The second-order valence-electron chi connectivity index (χ2n) is 5.91. The molecule has 4 unspecified atom stereocenters. The first-order valence-corrected chi connectivity index (χ1v) is 7.13. The zero-order valence-corrected chi connectivity index (χ0v) is 11.5. The van der Waals surface area contributed by atoms with Crippen LogP contribution in [0.3, 0.4) is 0 Å². The second kappa shape index (κ2) is 4.17. The molecule has 0 radical (unpaired) electrons. The fourth-order valence-corrected chi connectivity index (χ4v) is 3.54. The summed E-state index contributed by atoms with van der Waals surface area (Å²) in [5.74, 6) is 8.56. The zero-order valence-electron chi connectivity index (χ0n) is 11.5. The van der Waals surface area contributed by atoms with Gasteiger partial charge in [-0.3, -0.25) is 0 Å². The number of allylic oxidation sites excluding steroid dienone is 3. The van der Waals surface area contributed by atoms with E-state index in [-0.39, 0.29) is 6.04 Å². The van der Waals surface area contributed by atoms with E-state index in [0.29, 0.717) is 23.7 Å². The van der Waals surface area contributed by atoms with E-state index in [0.717, 1.165) is 6.54 Å². The molecule has 0 amide bonds. The van der Waals surface area contributed by atoms with Gasteiger partial charge in [-0.05, 0) is 30.2 Å². The predicted octanol–water partition coefficient (Wildman–Crippen LogP) is 0.812. The Balaban J connectivity index is 1.72. The molecule has 2 aliphatic heterocycles. The number of fused-ring (bicyclic) bond motifs is 2.